The highest BCUT2D eigenvalue weighted by molar-refractivity contribution is 5.85. The van der Waals surface area contributed by atoms with Gasteiger partial charge in [0.2, 0.25) is 0 Å². The van der Waals surface area contributed by atoms with E-state index in [-0.39, 0.29) is 5.69 Å². The SMILES string of the molecule is CCCCCn1cncc1C(=O)O. The molecule has 1 heterocycles. The second-order valence-corrected chi connectivity index (χ2v) is 2.98. The average Bonchev–Trinajstić information content (AvgIpc) is 2.53. The molecular formula is C9H14N2O2. The van der Waals surface area contributed by atoms with Crippen molar-refractivity contribution in [3.63, 3.8) is 0 Å². The number of hydrogen-bond acceptors (Lipinski definition) is 2. The van der Waals surface area contributed by atoms with Crippen LogP contribution in [0.5, 0.6) is 0 Å². The molecule has 0 aliphatic heterocycles. The fourth-order valence-corrected chi connectivity index (χ4v) is 1.21. The Morgan fingerprint density at radius 2 is 2.38 bits per heavy atom. The van der Waals surface area contributed by atoms with Crippen LogP contribution >= 0.6 is 0 Å². The van der Waals surface area contributed by atoms with Gasteiger partial charge in [-0.05, 0) is 6.42 Å². The number of carboxylic acids is 1. The van der Waals surface area contributed by atoms with Gasteiger partial charge in [0.25, 0.3) is 0 Å². The van der Waals surface area contributed by atoms with E-state index in [1.165, 1.54) is 6.20 Å². The molecular weight excluding hydrogens is 168 g/mol. The van der Waals surface area contributed by atoms with Gasteiger partial charge in [-0.2, -0.15) is 0 Å². The molecule has 1 aromatic heterocycles. The maximum atomic E-state index is 10.7. The van der Waals surface area contributed by atoms with E-state index in [0.29, 0.717) is 0 Å². The van der Waals surface area contributed by atoms with E-state index < -0.39 is 5.97 Å². The first-order chi connectivity index (χ1) is 6.25. The Hall–Kier alpha value is -1.32. The quantitative estimate of drug-likeness (QED) is 0.706. The summed E-state index contributed by atoms with van der Waals surface area (Å²) in [5, 5.41) is 8.75. The summed E-state index contributed by atoms with van der Waals surface area (Å²) in [6.45, 7) is 2.86. The van der Waals surface area contributed by atoms with Gasteiger partial charge in [0, 0.05) is 6.54 Å². The highest BCUT2D eigenvalue weighted by atomic mass is 16.4. The van der Waals surface area contributed by atoms with Crippen molar-refractivity contribution in [2.24, 2.45) is 0 Å². The van der Waals surface area contributed by atoms with Gasteiger partial charge < -0.3 is 9.67 Å². The van der Waals surface area contributed by atoms with Crippen LogP contribution in [-0.2, 0) is 6.54 Å². The van der Waals surface area contributed by atoms with Gasteiger partial charge in [0.1, 0.15) is 5.69 Å². The molecule has 1 N–H and O–H groups in total. The Balaban J connectivity index is 2.55. The van der Waals surface area contributed by atoms with Gasteiger partial charge in [-0.1, -0.05) is 19.8 Å². The van der Waals surface area contributed by atoms with Crippen LogP contribution in [0.15, 0.2) is 12.5 Å². The zero-order valence-electron chi connectivity index (χ0n) is 7.73. The molecule has 0 aliphatic carbocycles. The van der Waals surface area contributed by atoms with Crippen molar-refractivity contribution in [2.45, 2.75) is 32.7 Å². The summed E-state index contributed by atoms with van der Waals surface area (Å²) in [4.78, 5) is 14.5. The third-order valence-corrected chi connectivity index (χ3v) is 1.93. The number of imidazole rings is 1. The van der Waals surface area contributed by atoms with Crippen LogP contribution < -0.4 is 0 Å². The molecule has 0 saturated carbocycles. The molecule has 0 fully saturated rings. The van der Waals surface area contributed by atoms with Crippen LogP contribution in [-0.4, -0.2) is 20.6 Å². The molecule has 4 heteroatoms. The average molecular weight is 182 g/mol. The normalized spacial score (nSPS) is 10.2. The van der Waals surface area contributed by atoms with E-state index in [2.05, 4.69) is 11.9 Å². The standard InChI is InChI=1S/C9H14N2O2/c1-2-3-4-5-11-7-10-6-8(11)9(12)13/h6-7H,2-5H2,1H3,(H,12,13). The van der Waals surface area contributed by atoms with Crippen molar-refractivity contribution < 1.29 is 9.90 Å². The van der Waals surface area contributed by atoms with Crippen molar-refractivity contribution in [1.82, 2.24) is 9.55 Å². The summed E-state index contributed by atoms with van der Waals surface area (Å²) in [7, 11) is 0. The van der Waals surface area contributed by atoms with Crippen LogP contribution in [0, 0.1) is 0 Å². The topological polar surface area (TPSA) is 55.1 Å². The molecule has 0 amide bonds. The highest BCUT2D eigenvalue weighted by Crippen LogP contribution is 2.03. The van der Waals surface area contributed by atoms with E-state index in [4.69, 9.17) is 5.11 Å². The Kier molecular flexibility index (Phi) is 3.49. The minimum atomic E-state index is -0.908. The molecule has 13 heavy (non-hydrogen) atoms. The first-order valence-electron chi connectivity index (χ1n) is 4.49. The zero-order valence-corrected chi connectivity index (χ0v) is 7.73. The van der Waals surface area contributed by atoms with Crippen molar-refractivity contribution in [2.75, 3.05) is 0 Å². The van der Waals surface area contributed by atoms with Gasteiger partial charge in [0.05, 0.1) is 12.5 Å². The van der Waals surface area contributed by atoms with Gasteiger partial charge in [0.15, 0.2) is 0 Å². The second kappa shape index (κ2) is 4.64. The van der Waals surface area contributed by atoms with Crippen molar-refractivity contribution in [3.8, 4) is 0 Å². The van der Waals surface area contributed by atoms with Crippen LogP contribution in [0.25, 0.3) is 0 Å². The molecule has 0 atom stereocenters. The van der Waals surface area contributed by atoms with Gasteiger partial charge in [-0.3, -0.25) is 0 Å². The van der Waals surface area contributed by atoms with Crippen molar-refractivity contribution >= 4 is 5.97 Å². The lowest BCUT2D eigenvalue weighted by atomic mass is 10.2. The first kappa shape index (κ1) is 9.77. The highest BCUT2D eigenvalue weighted by Gasteiger charge is 2.08. The molecule has 1 rings (SSSR count). The largest absolute Gasteiger partial charge is 0.477 e. The van der Waals surface area contributed by atoms with E-state index in [1.54, 1.807) is 10.9 Å². The Morgan fingerprint density at radius 3 is 3.00 bits per heavy atom. The molecule has 0 saturated heterocycles. The number of rotatable bonds is 5. The van der Waals surface area contributed by atoms with Gasteiger partial charge in [-0.25, -0.2) is 9.78 Å². The molecule has 0 aromatic carbocycles. The van der Waals surface area contributed by atoms with Crippen molar-refractivity contribution in [3.05, 3.63) is 18.2 Å². The van der Waals surface area contributed by atoms with Gasteiger partial charge in [-0.15, -0.1) is 0 Å². The van der Waals surface area contributed by atoms with E-state index >= 15 is 0 Å². The lowest BCUT2D eigenvalue weighted by Crippen LogP contribution is -2.07. The summed E-state index contributed by atoms with van der Waals surface area (Å²) in [5.41, 5.74) is 0.274. The molecule has 72 valence electrons. The molecule has 0 radical (unpaired) electrons. The maximum absolute atomic E-state index is 10.7. The number of unbranched alkanes of at least 4 members (excludes halogenated alkanes) is 2. The molecule has 0 unspecified atom stereocenters. The lowest BCUT2D eigenvalue weighted by Gasteiger charge is -2.03. The predicted octanol–water partition coefficient (Wildman–Crippen LogP) is 1.77. The van der Waals surface area contributed by atoms with E-state index in [0.717, 1.165) is 25.8 Å². The number of aromatic carboxylic acids is 1. The molecule has 0 bridgehead atoms. The zero-order chi connectivity index (χ0) is 9.68. The minimum Gasteiger partial charge on any atom is -0.477 e. The van der Waals surface area contributed by atoms with Crippen LogP contribution in [0.4, 0.5) is 0 Å². The second-order valence-electron chi connectivity index (χ2n) is 2.98. The third-order valence-electron chi connectivity index (χ3n) is 1.93. The van der Waals surface area contributed by atoms with Crippen LogP contribution in [0.3, 0.4) is 0 Å². The third kappa shape index (κ3) is 2.57. The first-order valence-corrected chi connectivity index (χ1v) is 4.49. The number of aryl methyl sites for hydroxylation is 1. The Bertz CT molecular complexity index is 281. The summed E-state index contributed by atoms with van der Waals surface area (Å²) in [6, 6.07) is 0. The molecule has 4 nitrogen and oxygen atoms in total. The number of aromatic nitrogens is 2. The molecule has 0 aliphatic rings. The Labute approximate surface area is 77.2 Å². The fraction of sp³-hybridized carbons (Fsp3) is 0.556. The summed E-state index contributed by atoms with van der Waals surface area (Å²) in [5.74, 6) is -0.908. The van der Waals surface area contributed by atoms with Gasteiger partial charge >= 0.3 is 5.97 Å². The molecule has 1 aromatic rings. The predicted molar refractivity (Wildman–Crippen MR) is 48.7 cm³/mol. The minimum absolute atomic E-state index is 0.274. The smallest absolute Gasteiger partial charge is 0.354 e. The number of nitrogens with zero attached hydrogens (tertiary/aromatic N) is 2. The number of hydrogen-bond donors (Lipinski definition) is 1. The maximum Gasteiger partial charge on any atom is 0.354 e. The van der Waals surface area contributed by atoms with Crippen LogP contribution in [0.2, 0.25) is 0 Å². The number of carboxylic acid groups (broad SMARTS) is 1. The lowest BCUT2D eigenvalue weighted by molar-refractivity contribution is 0.0685. The number of carbonyl (C=O) groups is 1. The fourth-order valence-electron chi connectivity index (χ4n) is 1.21. The summed E-state index contributed by atoms with van der Waals surface area (Å²) >= 11 is 0. The van der Waals surface area contributed by atoms with E-state index in [1.807, 2.05) is 0 Å². The molecule has 0 spiro atoms. The monoisotopic (exact) mass is 182 g/mol. The summed E-state index contributed by atoms with van der Waals surface area (Å²) < 4.78 is 1.68. The Morgan fingerprint density at radius 1 is 1.62 bits per heavy atom. The van der Waals surface area contributed by atoms with E-state index in [9.17, 15) is 4.79 Å². The summed E-state index contributed by atoms with van der Waals surface area (Å²) in [6.07, 6.45) is 6.22. The van der Waals surface area contributed by atoms with Crippen molar-refractivity contribution in [1.29, 1.82) is 0 Å². The van der Waals surface area contributed by atoms with Crippen LogP contribution in [0.1, 0.15) is 36.7 Å².